The summed E-state index contributed by atoms with van der Waals surface area (Å²) in [6, 6.07) is 0. The largest absolute Gasteiger partial charge is 0.426 e. The topological polar surface area (TPSA) is 9.23 Å². The molecule has 0 aromatic carbocycles. The van der Waals surface area contributed by atoms with E-state index in [2.05, 4.69) is 4.74 Å². The van der Waals surface area contributed by atoms with E-state index in [1.54, 1.807) is 6.92 Å². The van der Waals surface area contributed by atoms with Gasteiger partial charge in [0.2, 0.25) is 0 Å². The van der Waals surface area contributed by atoms with Crippen molar-refractivity contribution in [3.8, 4) is 0 Å². The Bertz CT molecular complexity index is 253. The van der Waals surface area contributed by atoms with Crippen LogP contribution >= 0.6 is 0 Å². The van der Waals surface area contributed by atoms with E-state index < -0.39 is 31.0 Å². The van der Waals surface area contributed by atoms with Crippen LogP contribution in [0.25, 0.3) is 0 Å². The summed E-state index contributed by atoms with van der Waals surface area (Å²) in [5.41, 5.74) is 0. The fraction of sp³-hybridized carbons (Fsp3) is 1.00. The van der Waals surface area contributed by atoms with Gasteiger partial charge in [-0.05, 0) is 6.42 Å². The van der Waals surface area contributed by atoms with Crippen LogP contribution in [0.2, 0.25) is 0 Å². The van der Waals surface area contributed by atoms with Crippen molar-refractivity contribution in [1.29, 1.82) is 0 Å². The Labute approximate surface area is 98.1 Å². The number of halogens is 8. The van der Waals surface area contributed by atoms with Gasteiger partial charge in [0.1, 0.15) is 0 Å². The van der Waals surface area contributed by atoms with Crippen LogP contribution in [0.4, 0.5) is 35.1 Å². The Morgan fingerprint density at radius 3 is 1.83 bits per heavy atom. The van der Waals surface area contributed by atoms with E-state index in [0.29, 0.717) is 12.8 Å². The molecule has 0 saturated heterocycles. The lowest BCUT2D eigenvalue weighted by atomic mass is 10.1. The number of hydrogen-bond donors (Lipinski definition) is 0. The zero-order chi connectivity index (χ0) is 14.6. The highest BCUT2D eigenvalue weighted by Gasteiger charge is 2.76. The molecule has 0 N–H and O–H groups in total. The molecule has 0 radical (unpaired) electrons. The van der Waals surface area contributed by atoms with Crippen molar-refractivity contribution in [3.63, 3.8) is 0 Å². The maximum Gasteiger partial charge on any atom is 0.426 e. The quantitative estimate of drug-likeness (QED) is 0.477. The highest BCUT2D eigenvalue weighted by atomic mass is 19.4. The Kier molecular flexibility index (Phi) is 5.83. The van der Waals surface area contributed by atoms with Gasteiger partial charge in [-0.1, -0.05) is 19.8 Å². The van der Waals surface area contributed by atoms with Crippen LogP contribution in [-0.4, -0.2) is 31.0 Å². The summed E-state index contributed by atoms with van der Waals surface area (Å²) in [7, 11) is 0. The third-order valence-electron chi connectivity index (χ3n) is 2.09. The molecule has 0 fully saturated rings. The van der Waals surface area contributed by atoms with E-state index in [1.165, 1.54) is 0 Å². The molecule has 1 nitrogen and oxygen atoms in total. The van der Waals surface area contributed by atoms with Crippen molar-refractivity contribution < 1.29 is 39.9 Å². The first-order valence-electron chi connectivity index (χ1n) is 5.06. The fourth-order valence-corrected chi connectivity index (χ4v) is 0.974. The number of rotatable bonds is 8. The van der Waals surface area contributed by atoms with Crippen LogP contribution in [0, 0.1) is 0 Å². The van der Waals surface area contributed by atoms with Crippen molar-refractivity contribution in [3.05, 3.63) is 0 Å². The summed E-state index contributed by atoms with van der Waals surface area (Å²) >= 11 is 0. The van der Waals surface area contributed by atoms with E-state index in [9.17, 15) is 35.1 Å². The molecule has 110 valence electrons. The Morgan fingerprint density at radius 2 is 1.44 bits per heavy atom. The van der Waals surface area contributed by atoms with Gasteiger partial charge >= 0.3 is 24.4 Å². The average Bonchev–Trinajstić information content (AvgIpc) is 2.23. The van der Waals surface area contributed by atoms with Gasteiger partial charge in [-0.3, -0.25) is 0 Å². The lowest BCUT2D eigenvalue weighted by Crippen LogP contribution is -2.58. The van der Waals surface area contributed by atoms with E-state index >= 15 is 0 Å². The van der Waals surface area contributed by atoms with Gasteiger partial charge < -0.3 is 4.74 Å². The summed E-state index contributed by atoms with van der Waals surface area (Å²) in [5, 5.41) is 0. The Morgan fingerprint density at radius 1 is 0.944 bits per heavy atom. The molecule has 9 heteroatoms. The van der Waals surface area contributed by atoms with Gasteiger partial charge in [0.05, 0.1) is 6.61 Å². The molecule has 0 aliphatic rings. The molecular formula is C9H12F8O. The first-order valence-corrected chi connectivity index (χ1v) is 5.06. The number of ether oxygens (including phenoxy) is 1. The lowest BCUT2D eigenvalue weighted by Gasteiger charge is -2.31. The van der Waals surface area contributed by atoms with E-state index in [4.69, 9.17) is 0 Å². The molecule has 0 atom stereocenters. The van der Waals surface area contributed by atoms with Crippen LogP contribution < -0.4 is 0 Å². The van der Waals surface area contributed by atoms with Crippen molar-refractivity contribution in [2.75, 3.05) is 6.61 Å². The maximum absolute atomic E-state index is 12.7. The van der Waals surface area contributed by atoms with Crippen LogP contribution in [-0.2, 0) is 4.74 Å². The molecule has 0 aliphatic heterocycles. The predicted molar refractivity (Wildman–Crippen MR) is 46.3 cm³/mol. The second-order valence-corrected chi connectivity index (χ2v) is 3.57. The fourth-order valence-electron chi connectivity index (χ4n) is 0.974. The summed E-state index contributed by atoms with van der Waals surface area (Å²) in [5.74, 6) is -12.4. The monoisotopic (exact) mass is 288 g/mol. The van der Waals surface area contributed by atoms with E-state index in [0.717, 1.165) is 0 Å². The van der Waals surface area contributed by atoms with Gasteiger partial charge in [-0.2, -0.15) is 26.3 Å². The summed E-state index contributed by atoms with van der Waals surface area (Å²) in [6.07, 6.45) is -9.73. The molecule has 0 bridgehead atoms. The van der Waals surface area contributed by atoms with Crippen LogP contribution in [0.3, 0.4) is 0 Å². The number of alkyl halides is 8. The first kappa shape index (κ1) is 17.4. The molecular weight excluding hydrogens is 276 g/mol. The molecule has 0 heterocycles. The standard InChI is InChI=1S/C9H12F8O/c1-2-3-4-5-18-9(16,17)8(14,15)7(12,13)6(10)11/h6H,2-5H2,1H3. The normalized spacial score (nSPS) is 14.3. The molecule has 0 aromatic rings. The van der Waals surface area contributed by atoms with Gasteiger partial charge in [0.25, 0.3) is 0 Å². The molecule has 0 amide bonds. The molecule has 0 rings (SSSR count). The highest BCUT2D eigenvalue weighted by Crippen LogP contribution is 2.48. The SMILES string of the molecule is CCCCCOC(F)(F)C(F)(F)C(F)(F)C(F)F. The summed E-state index contributed by atoms with van der Waals surface area (Å²) in [4.78, 5) is 0. The van der Waals surface area contributed by atoms with Gasteiger partial charge in [0.15, 0.2) is 0 Å². The van der Waals surface area contributed by atoms with Crippen molar-refractivity contribution in [1.82, 2.24) is 0 Å². The third-order valence-corrected chi connectivity index (χ3v) is 2.09. The first-order chi connectivity index (χ1) is 8.00. The lowest BCUT2D eigenvalue weighted by molar-refractivity contribution is -0.412. The molecule has 0 aliphatic carbocycles. The second kappa shape index (κ2) is 6.03. The van der Waals surface area contributed by atoms with E-state index in [1.807, 2.05) is 0 Å². The average molecular weight is 288 g/mol. The maximum atomic E-state index is 12.7. The number of hydrogen-bond acceptors (Lipinski definition) is 1. The van der Waals surface area contributed by atoms with Crippen molar-refractivity contribution in [2.24, 2.45) is 0 Å². The van der Waals surface area contributed by atoms with Crippen LogP contribution in [0.5, 0.6) is 0 Å². The van der Waals surface area contributed by atoms with Gasteiger partial charge in [-0.25, -0.2) is 8.78 Å². The van der Waals surface area contributed by atoms with Gasteiger partial charge in [-0.15, -0.1) is 0 Å². The Hall–Kier alpha value is -0.600. The molecule has 0 unspecified atom stereocenters. The number of unbranched alkanes of at least 4 members (excludes halogenated alkanes) is 2. The van der Waals surface area contributed by atoms with Crippen LogP contribution in [0.1, 0.15) is 26.2 Å². The smallest absolute Gasteiger partial charge is 0.316 e. The molecule has 18 heavy (non-hydrogen) atoms. The minimum absolute atomic E-state index is 0.0670. The Balaban J connectivity index is 4.74. The van der Waals surface area contributed by atoms with Gasteiger partial charge in [0, 0.05) is 0 Å². The molecule has 0 aromatic heterocycles. The minimum Gasteiger partial charge on any atom is -0.316 e. The molecule has 0 spiro atoms. The minimum atomic E-state index is -6.28. The summed E-state index contributed by atoms with van der Waals surface area (Å²) < 4.78 is 102. The highest BCUT2D eigenvalue weighted by molar-refractivity contribution is 4.93. The second-order valence-electron chi connectivity index (χ2n) is 3.57. The van der Waals surface area contributed by atoms with Crippen molar-refractivity contribution in [2.45, 2.75) is 50.6 Å². The molecule has 0 saturated carbocycles. The zero-order valence-corrected chi connectivity index (χ0v) is 9.34. The zero-order valence-electron chi connectivity index (χ0n) is 9.34. The summed E-state index contributed by atoms with van der Waals surface area (Å²) in [6.45, 7) is 0.757. The van der Waals surface area contributed by atoms with Crippen LogP contribution in [0.15, 0.2) is 0 Å². The van der Waals surface area contributed by atoms with Crippen molar-refractivity contribution >= 4 is 0 Å². The predicted octanol–water partition coefficient (Wildman–Crippen LogP) is 4.32. The van der Waals surface area contributed by atoms with E-state index in [-0.39, 0.29) is 6.42 Å². The third kappa shape index (κ3) is 3.46.